The molecule has 2 aromatic carbocycles. The second-order valence-corrected chi connectivity index (χ2v) is 5.30. The smallest absolute Gasteiger partial charge is 0.0702 e. The minimum Gasteiger partial charge on any atom is -0.341 e. The molecular formula is C19H16N2. The van der Waals surface area contributed by atoms with Gasteiger partial charge in [0, 0.05) is 29.7 Å². The highest BCUT2D eigenvalue weighted by Crippen LogP contribution is 2.35. The molecule has 21 heavy (non-hydrogen) atoms. The second kappa shape index (κ2) is 5.06. The summed E-state index contributed by atoms with van der Waals surface area (Å²) in [6.45, 7) is 1.05. The fourth-order valence-electron chi connectivity index (χ4n) is 2.97. The predicted molar refractivity (Wildman–Crippen MR) is 86.8 cm³/mol. The summed E-state index contributed by atoms with van der Waals surface area (Å²) in [6, 6.07) is 23.3. The third-order valence-corrected chi connectivity index (χ3v) is 4.01. The van der Waals surface area contributed by atoms with Gasteiger partial charge in [-0.25, -0.2) is 0 Å². The molecule has 0 spiro atoms. The number of hydrogen-bond acceptors (Lipinski definition) is 2. The number of para-hydroxylation sites is 1. The highest BCUT2D eigenvalue weighted by molar-refractivity contribution is 5.73. The fraction of sp³-hybridized carbons (Fsp3) is 0.105. The van der Waals surface area contributed by atoms with Crippen molar-refractivity contribution in [1.82, 2.24) is 4.98 Å². The molecule has 0 saturated heterocycles. The zero-order valence-electron chi connectivity index (χ0n) is 11.7. The number of hydrogen-bond donors (Lipinski definition) is 0. The van der Waals surface area contributed by atoms with Crippen molar-refractivity contribution in [3.63, 3.8) is 0 Å². The van der Waals surface area contributed by atoms with E-state index in [0.717, 1.165) is 24.2 Å². The van der Waals surface area contributed by atoms with Crippen LogP contribution in [0.4, 0.5) is 11.4 Å². The number of rotatable bonds is 2. The van der Waals surface area contributed by atoms with Crippen LogP contribution in [0.5, 0.6) is 0 Å². The molecule has 0 fully saturated rings. The monoisotopic (exact) mass is 272 g/mol. The maximum absolute atomic E-state index is 4.44. The molecule has 2 heteroatoms. The average molecular weight is 272 g/mol. The molecule has 0 unspecified atom stereocenters. The van der Waals surface area contributed by atoms with Crippen LogP contribution in [0.2, 0.25) is 0 Å². The van der Waals surface area contributed by atoms with E-state index in [1.54, 1.807) is 0 Å². The van der Waals surface area contributed by atoms with Crippen molar-refractivity contribution in [2.75, 3.05) is 11.4 Å². The van der Waals surface area contributed by atoms with E-state index in [1.807, 2.05) is 18.3 Å². The van der Waals surface area contributed by atoms with Gasteiger partial charge in [-0.2, -0.15) is 0 Å². The molecular weight excluding hydrogens is 256 g/mol. The molecule has 0 radical (unpaired) electrons. The number of benzene rings is 2. The van der Waals surface area contributed by atoms with Crippen molar-refractivity contribution in [2.24, 2.45) is 0 Å². The summed E-state index contributed by atoms with van der Waals surface area (Å²) >= 11 is 0. The minimum atomic E-state index is 1.02. The zero-order valence-corrected chi connectivity index (χ0v) is 11.7. The largest absolute Gasteiger partial charge is 0.341 e. The Kier molecular flexibility index (Phi) is 2.93. The molecule has 0 saturated carbocycles. The minimum absolute atomic E-state index is 1.02. The Morgan fingerprint density at radius 1 is 0.857 bits per heavy atom. The highest BCUT2D eigenvalue weighted by Gasteiger charge is 2.19. The summed E-state index contributed by atoms with van der Waals surface area (Å²) in [5.41, 5.74) is 6.18. The Balaban J connectivity index is 1.75. The van der Waals surface area contributed by atoms with Crippen molar-refractivity contribution < 1.29 is 0 Å². The zero-order chi connectivity index (χ0) is 14.1. The first-order valence-electron chi connectivity index (χ1n) is 7.29. The normalized spacial score (nSPS) is 13.2. The average Bonchev–Trinajstić information content (AvgIpc) is 3.00. The summed E-state index contributed by atoms with van der Waals surface area (Å²) in [5.74, 6) is 0. The van der Waals surface area contributed by atoms with E-state index in [9.17, 15) is 0 Å². The summed E-state index contributed by atoms with van der Waals surface area (Å²) in [6.07, 6.45) is 2.96. The first kappa shape index (κ1) is 12.2. The fourth-order valence-corrected chi connectivity index (χ4v) is 2.97. The van der Waals surface area contributed by atoms with Gasteiger partial charge in [0.05, 0.1) is 5.69 Å². The summed E-state index contributed by atoms with van der Waals surface area (Å²) in [5, 5.41) is 0. The molecule has 102 valence electrons. The van der Waals surface area contributed by atoms with Crippen LogP contribution in [0.15, 0.2) is 72.9 Å². The van der Waals surface area contributed by atoms with Crippen LogP contribution in [0.1, 0.15) is 5.56 Å². The predicted octanol–water partition coefficient (Wildman–Crippen LogP) is 4.44. The highest BCUT2D eigenvalue weighted by atomic mass is 15.2. The third kappa shape index (κ3) is 2.19. The van der Waals surface area contributed by atoms with Crippen LogP contribution in [0, 0.1) is 0 Å². The van der Waals surface area contributed by atoms with Gasteiger partial charge in [-0.1, -0.05) is 36.4 Å². The Morgan fingerprint density at radius 2 is 1.76 bits per heavy atom. The summed E-state index contributed by atoms with van der Waals surface area (Å²) in [7, 11) is 0. The lowest BCUT2D eigenvalue weighted by Crippen LogP contribution is -2.13. The number of aromatic nitrogens is 1. The van der Waals surface area contributed by atoms with Gasteiger partial charge < -0.3 is 4.90 Å². The lowest BCUT2D eigenvalue weighted by molar-refractivity contribution is 0.998. The van der Waals surface area contributed by atoms with Crippen LogP contribution < -0.4 is 4.90 Å². The molecule has 1 aliphatic heterocycles. The Hall–Kier alpha value is -2.61. The molecule has 0 bridgehead atoms. The second-order valence-electron chi connectivity index (χ2n) is 5.30. The van der Waals surface area contributed by atoms with Crippen LogP contribution in [0.25, 0.3) is 11.3 Å². The third-order valence-electron chi connectivity index (χ3n) is 4.01. The van der Waals surface area contributed by atoms with Crippen molar-refractivity contribution >= 4 is 11.4 Å². The summed E-state index contributed by atoms with van der Waals surface area (Å²) < 4.78 is 0. The SMILES string of the molecule is c1ccc(-c2cccc(N3CCc4ccccc43)c2)nc1. The number of anilines is 2. The van der Waals surface area contributed by atoms with E-state index in [1.165, 1.54) is 16.9 Å². The van der Waals surface area contributed by atoms with E-state index in [2.05, 4.69) is 64.5 Å². The van der Waals surface area contributed by atoms with E-state index in [0.29, 0.717) is 0 Å². The Labute approximate surface area is 124 Å². The van der Waals surface area contributed by atoms with E-state index < -0.39 is 0 Å². The molecule has 3 aromatic rings. The molecule has 1 aromatic heterocycles. The van der Waals surface area contributed by atoms with Gasteiger partial charge in [-0.3, -0.25) is 4.98 Å². The van der Waals surface area contributed by atoms with Gasteiger partial charge >= 0.3 is 0 Å². The maximum Gasteiger partial charge on any atom is 0.0702 e. The number of fused-ring (bicyclic) bond motifs is 1. The number of nitrogens with zero attached hydrogens (tertiary/aromatic N) is 2. The number of pyridine rings is 1. The van der Waals surface area contributed by atoms with E-state index in [4.69, 9.17) is 0 Å². The molecule has 0 N–H and O–H groups in total. The molecule has 2 heterocycles. The Bertz CT molecular complexity index is 765. The summed E-state index contributed by atoms with van der Waals surface area (Å²) in [4.78, 5) is 6.83. The molecule has 0 atom stereocenters. The molecule has 0 aliphatic carbocycles. The van der Waals surface area contributed by atoms with Gasteiger partial charge in [0.25, 0.3) is 0 Å². The topological polar surface area (TPSA) is 16.1 Å². The van der Waals surface area contributed by atoms with E-state index in [-0.39, 0.29) is 0 Å². The van der Waals surface area contributed by atoms with Crippen molar-refractivity contribution in [3.05, 3.63) is 78.5 Å². The quantitative estimate of drug-likeness (QED) is 0.685. The lowest BCUT2D eigenvalue weighted by atomic mass is 10.1. The van der Waals surface area contributed by atoms with Gasteiger partial charge in [-0.15, -0.1) is 0 Å². The van der Waals surface area contributed by atoms with Crippen LogP contribution in [-0.2, 0) is 6.42 Å². The Morgan fingerprint density at radius 3 is 2.67 bits per heavy atom. The first-order valence-corrected chi connectivity index (χ1v) is 7.29. The van der Waals surface area contributed by atoms with Crippen molar-refractivity contribution in [3.8, 4) is 11.3 Å². The van der Waals surface area contributed by atoms with Crippen molar-refractivity contribution in [2.45, 2.75) is 6.42 Å². The van der Waals surface area contributed by atoms with E-state index >= 15 is 0 Å². The van der Waals surface area contributed by atoms with Gasteiger partial charge in [-0.05, 0) is 42.3 Å². The maximum atomic E-state index is 4.44. The van der Waals surface area contributed by atoms with Crippen LogP contribution in [-0.4, -0.2) is 11.5 Å². The molecule has 2 nitrogen and oxygen atoms in total. The standard InChI is InChI=1S/C19H16N2/c1-2-10-19-15(6-1)11-13-21(19)17-8-5-7-16(14-17)18-9-3-4-12-20-18/h1-10,12,14H,11,13H2. The van der Waals surface area contributed by atoms with Crippen LogP contribution in [0.3, 0.4) is 0 Å². The first-order chi connectivity index (χ1) is 10.4. The lowest BCUT2D eigenvalue weighted by Gasteiger charge is -2.20. The van der Waals surface area contributed by atoms with Crippen LogP contribution >= 0.6 is 0 Å². The van der Waals surface area contributed by atoms with Gasteiger partial charge in [0.15, 0.2) is 0 Å². The molecule has 4 rings (SSSR count). The molecule has 0 amide bonds. The van der Waals surface area contributed by atoms with Crippen molar-refractivity contribution in [1.29, 1.82) is 0 Å². The van der Waals surface area contributed by atoms with Gasteiger partial charge in [0.2, 0.25) is 0 Å². The molecule has 1 aliphatic rings. The van der Waals surface area contributed by atoms with Gasteiger partial charge in [0.1, 0.15) is 0 Å².